The van der Waals surface area contributed by atoms with E-state index in [0.717, 1.165) is 26.1 Å². The molecule has 4 rings (SSSR count). The molecule has 0 bridgehead atoms. The van der Waals surface area contributed by atoms with E-state index >= 15 is 0 Å². The van der Waals surface area contributed by atoms with Crippen LogP contribution in [-0.2, 0) is 16.4 Å². The normalized spacial score (nSPS) is 14.7. The van der Waals surface area contributed by atoms with Crippen molar-refractivity contribution in [2.45, 2.75) is 18.2 Å². The molecule has 2 heterocycles. The summed E-state index contributed by atoms with van der Waals surface area (Å²) in [5, 5.41) is 2.09. The Morgan fingerprint density at radius 3 is 2.47 bits per heavy atom. The predicted octanol–water partition coefficient (Wildman–Crippen LogP) is 3.95. The third-order valence-electron chi connectivity index (χ3n) is 5.72. The van der Waals surface area contributed by atoms with Crippen LogP contribution >= 0.6 is 11.3 Å². The minimum absolute atomic E-state index is 0.0572. The Kier molecular flexibility index (Phi) is 7.87. The first-order chi connectivity index (χ1) is 16.4. The number of benzene rings is 2. The highest BCUT2D eigenvalue weighted by atomic mass is 32.2. The third-order valence-corrected chi connectivity index (χ3v) is 8.04. The van der Waals surface area contributed by atoms with Crippen LogP contribution < -0.4 is 9.46 Å². The topological polar surface area (TPSA) is 78.9 Å². The van der Waals surface area contributed by atoms with Gasteiger partial charge in [0.15, 0.2) is 0 Å². The van der Waals surface area contributed by atoms with Gasteiger partial charge >= 0.3 is 0 Å². The first kappa shape index (κ1) is 24.3. The summed E-state index contributed by atoms with van der Waals surface area (Å²) in [5.41, 5.74) is 0.806. The predicted molar refractivity (Wildman–Crippen MR) is 135 cm³/mol. The summed E-state index contributed by atoms with van der Waals surface area (Å²) >= 11 is 1.77. The van der Waals surface area contributed by atoms with E-state index < -0.39 is 10.0 Å². The number of hydrogen-bond donors (Lipinski definition) is 1. The molecule has 1 amide bonds. The van der Waals surface area contributed by atoms with Gasteiger partial charge in [0.25, 0.3) is 15.9 Å². The molecule has 0 unspecified atom stereocenters. The lowest BCUT2D eigenvalue weighted by Crippen LogP contribution is -2.49. The van der Waals surface area contributed by atoms with Gasteiger partial charge in [0.2, 0.25) is 0 Å². The second kappa shape index (κ2) is 11.0. The Labute approximate surface area is 205 Å². The zero-order chi connectivity index (χ0) is 24.0. The largest absolute Gasteiger partial charge is 0.494 e. The zero-order valence-electron chi connectivity index (χ0n) is 19.1. The molecule has 0 atom stereocenters. The van der Waals surface area contributed by atoms with E-state index in [-0.39, 0.29) is 10.8 Å². The van der Waals surface area contributed by atoms with Crippen LogP contribution in [0.4, 0.5) is 5.69 Å². The maximum Gasteiger partial charge on any atom is 0.261 e. The smallest absolute Gasteiger partial charge is 0.261 e. The second-order valence-electron chi connectivity index (χ2n) is 8.05. The van der Waals surface area contributed by atoms with Gasteiger partial charge in [-0.3, -0.25) is 14.4 Å². The summed E-state index contributed by atoms with van der Waals surface area (Å²) in [6.45, 7) is 6.29. The number of rotatable bonds is 9. The van der Waals surface area contributed by atoms with E-state index in [0.29, 0.717) is 36.7 Å². The van der Waals surface area contributed by atoms with Crippen molar-refractivity contribution in [3.63, 3.8) is 0 Å². The minimum Gasteiger partial charge on any atom is -0.494 e. The van der Waals surface area contributed by atoms with Crippen LogP contribution in [0, 0.1) is 0 Å². The first-order valence-corrected chi connectivity index (χ1v) is 13.7. The van der Waals surface area contributed by atoms with E-state index in [4.69, 9.17) is 4.74 Å². The van der Waals surface area contributed by atoms with E-state index in [2.05, 4.69) is 27.1 Å². The number of ether oxygens (including phenoxy) is 1. The molecule has 1 saturated heterocycles. The molecule has 1 aromatic heterocycles. The van der Waals surface area contributed by atoms with Crippen molar-refractivity contribution in [3.05, 3.63) is 76.5 Å². The van der Waals surface area contributed by atoms with Gasteiger partial charge in [-0.2, -0.15) is 0 Å². The molecule has 0 saturated carbocycles. The van der Waals surface area contributed by atoms with Crippen molar-refractivity contribution in [2.75, 3.05) is 44.1 Å². The number of thiophene rings is 1. The summed E-state index contributed by atoms with van der Waals surface area (Å²) in [7, 11) is -3.83. The molecule has 1 fully saturated rings. The third kappa shape index (κ3) is 6.16. The van der Waals surface area contributed by atoms with Crippen LogP contribution in [0.3, 0.4) is 0 Å². The number of nitrogens with zero attached hydrogens (tertiary/aromatic N) is 2. The molecule has 0 spiro atoms. The highest BCUT2D eigenvalue weighted by Gasteiger charge is 2.23. The van der Waals surface area contributed by atoms with Crippen LogP contribution in [0.25, 0.3) is 0 Å². The van der Waals surface area contributed by atoms with Crippen molar-refractivity contribution >= 4 is 33.0 Å². The van der Waals surface area contributed by atoms with Crippen LogP contribution in [0.2, 0.25) is 0 Å². The lowest BCUT2D eigenvalue weighted by molar-refractivity contribution is 0.0638. The summed E-state index contributed by atoms with van der Waals surface area (Å²) in [6.07, 6.45) is 1.02. The maximum absolute atomic E-state index is 13.1. The Balaban J connectivity index is 1.36. The quantitative estimate of drug-likeness (QED) is 0.482. The molecule has 1 aliphatic heterocycles. The number of carbonyl (C=O) groups excluding carboxylic acids is 1. The fourth-order valence-corrected chi connectivity index (χ4v) is 5.68. The Morgan fingerprint density at radius 2 is 1.79 bits per heavy atom. The molecule has 1 N–H and O–H groups in total. The number of piperazine rings is 1. The number of amides is 1. The van der Waals surface area contributed by atoms with E-state index in [1.807, 2.05) is 6.92 Å². The molecule has 9 heteroatoms. The minimum atomic E-state index is -3.83. The number of hydrogen-bond acceptors (Lipinski definition) is 6. The Bertz CT molecular complexity index is 1190. The van der Waals surface area contributed by atoms with Crippen LogP contribution in [0.15, 0.2) is 70.9 Å². The van der Waals surface area contributed by atoms with E-state index in [9.17, 15) is 13.2 Å². The fourth-order valence-electron chi connectivity index (χ4n) is 3.88. The molecule has 3 aromatic rings. The molecule has 34 heavy (non-hydrogen) atoms. The van der Waals surface area contributed by atoms with E-state index in [1.54, 1.807) is 52.6 Å². The molecule has 2 aromatic carbocycles. The number of anilines is 1. The summed E-state index contributed by atoms with van der Waals surface area (Å²) in [5.74, 6) is 0.528. The van der Waals surface area contributed by atoms with Gasteiger partial charge in [-0.25, -0.2) is 8.42 Å². The number of carbonyl (C=O) groups is 1. The SMILES string of the molecule is CCOc1ccc(NS(=O)(=O)c2cccc(C(=O)N3CCN(CCc4cccs4)CC3)c2)cc1. The van der Waals surface area contributed by atoms with E-state index in [1.165, 1.54) is 17.0 Å². The van der Waals surface area contributed by atoms with Gasteiger partial charge in [0, 0.05) is 48.9 Å². The standard InChI is InChI=1S/C25H29N3O4S2/c1-2-32-22-10-8-21(9-11-22)26-34(30,31)24-7-3-5-20(19-24)25(29)28-16-14-27(15-17-28)13-12-23-6-4-18-33-23/h3-11,18-19,26H,2,12-17H2,1H3. The molecular weight excluding hydrogens is 470 g/mol. The first-order valence-electron chi connectivity index (χ1n) is 11.3. The number of sulfonamides is 1. The lowest BCUT2D eigenvalue weighted by Gasteiger charge is -2.34. The maximum atomic E-state index is 13.1. The van der Waals surface area contributed by atoms with Gasteiger partial charge in [-0.15, -0.1) is 11.3 Å². The van der Waals surface area contributed by atoms with Gasteiger partial charge in [-0.1, -0.05) is 12.1 Å². The molecule has 0 aliphatic carbocycles. The van der Waals surface area contributed by atoms with Crippen molar-refractivity contribution in [2.24, 2.45) is 0 Å². The summed E-state index contributed by atoms with van der Waals surface area (Å²) in [6, 6.07) is 17.2. The highest BCUT2D eigenvalue weighted by molar-refractivity contribution is 7.92. The van der Waals surface area contributed by atoms with Crippen LogP contribution in [0.5, 0.6) is 5.75 Å². The lowest BCUT2D eigenvalue weighted by atomic mass is 10.2. The van der Waals surface area contributed by atoms with Gasteiger partial charge in [-0.05, 0) is 67.3 Å². The Hall–Kier alpha value is -2.88. The van der Waals surface area contributed by atoms with Gasteiger partial charge < -0.3 is 9.64 Å². The number of nitrogens with one attached hydrogen (secondary N) is 1. The molecular formula is C25H29N3O4S2. The second-order valence-corrected chi connectivity index (χ2v) is 10.8. The molecule has 1 aliphatic rings. The van der Waals surface area contributed by atoms with Crippen molar-refractivity contribution in [1.29, 1.82) is 0 Å². The van der Waals surface area contributed by atoms with Crippen molar-refractivity contribution in [3.8, 4) is 5.75 Å². The van der Waals surface area contributed by atoms with Gasteiger partial charge in [0.05, 0.1) is 11.5 Å². The van der Waals surface area contributed by atoms with Crippen LogP contribution in [0.1, 0.15) is 22.2 Å². The summed E-state index contributed by atoms with van der Waals surface area (Å²) < 4.78 is 33.8. The average molecular weight is 500 g/mol. The highest BCUT2D eigenvalue weighted by Crippen LogP contribution is 2.21. The fraction of sp³-hybridized carbons (Fsp3) is 0.320. The van der Waals surface area contributed by atoms with Crippen molar-refractivity contribution in [1.82, 2.24) is 9.80 Å². The van der Waals surface area contributed by atoms with Gasteiger partial charge in [0.1, 0.15) is 5.75 Å². The summed E-state index contributed by atoms with van der Waals surface area (Å²) in [4.78, 5) is 18.7. The molecule has 7 nitrogen and oxygen atoms in total. The monoisotopic (exact) mass is 499 g/mol. The Morgan fingerprint density at radius 1 is 1.03 bits per heavy atom. The average Bonchev–Trinajstić information content (AvgIpc) is 3.38. The van der Waals surface area contributed by atoms with Crippen LogP contribution in [-0.4, -0.2) is 63.5 Å². The molecule has 0 radical (unpaired) electrons. The molecule has 180 valence electrons. The van der Waals surface area contributed by atoms with Crippen molar-refractivity contribution < 1.29 is 17.9 Å². The zero-order valence-corrected chi connectivity index (χ0v) is 20.8.